The van der Waals surface area contributed by atoms with Crippen molar-refractivity contribution in [3.8, 4) is 0 Å². The first-order valence-electron chi connectivity index (χ1n) is 10.7. The minimum absolute atomic E-state index is 0.140. The van der Waals surface area contributed by atoms with E-state index < -0.39 is 0 Å². The molecule has 1 unspecified atom stereocenters. The Labute approximate surface area is 164 Å². The van der Waals surface area contributed by atoms with E-state index in [2.05, 4.69) is 49.3 Å². The molecule has 0 saturated carbocycles. The van der Waals surface area contributed by atoms with Crippen LogP contribution in [0.5, 0.6) is 0 Å². The van der Waals surface area contributed by atoms with Crippen LogP contribution >= 0.6 is 0 Å². The van der Waals surface area contributed by atoms with Crippen LogP contribution in [-0.4, -0.2) is 83.2 Å². The molecule has 0 aromatic carbocycles. The quantitative estimate of drug-likeness (QED) is 0.764. The van der Waals surface area contributed by atoms with E-state index in [9.17, 15) is 4.79 Å². The molecule has 27 heavy (non-hydrogen) atoms. The average molecular weight is 376 g/mol. The number of carbonyl (C=O) groups is 1. The number of carbonyl (C=O) groups excluding carboxylic acids is 1. The number of amides is 1. The molecule has 2 heterocycles. The normalized spacial score (nSPS) is 21.1. The molecule has 6 heteroatoms. The van der Waals surface area contributed by atoms with E-state index in [0.29, 0.717) is 12.0 Å². The van der Waals surface area contributed by atoms with Gasteiger partial charge in [-0.05, 0) is 45.7 Å². The molecule has 1 fully saturated rings. The summed E-state index contributed by atoms with van der Waals surface area (Å²) in [6, 6.07) is 0.512. The lowest BCUT2D eigenvalue weighted by Gasteiger charge is -2.34. The van der Waals surface area contributed by atoms with Crippen molar-refractivity contribution in [3.05, 3.63) is 17.0 Å². The topological polar surface area (TPSA) is 44.6 Å². The predicted octanol–water partition coefficient (Wildman–Crippen LogP) is 2.13. The van der Waals surface area contributed by atoms with Crippen LogP contribution < -0.4 is 0 Å². The number of hydrogen-bond donors (Lipinski definition) is 0. The van der Waals surface area contributed by atoms with Crippen LogP contribution in [0, 0.1) is 5.92 Å². The summed E-state index contributed by atoms with van der Waals surface area (Å²) >= 11 is 0. The number of fused-ring (bicyclic) bond motifs is 1. The molecule has 1 atom stereocenters. The van der Waals surface area contributed by atoms with E-state index in [1.807, 2.05) is 4.90 Å². The molecule has 0 spiro atoms. The zero-order valence-corrected chi connectivity index (χ0v) is 17.9. The van der Waals surface area contributed by atoms with E-state index in [-0.39, 0.29) is 5.91 Å². The Morgan fingerprint density at radius 1 is 1.26 bits per heavy atom. The number of hydrogen-bond acceptors (Lipinski definition) is 4. The number of aromatic nitrogens is 2. The summed E-state index contributed by atoms with van der Waals surface area (Å²) in [7, 11) is 4.35. The van der Waals surface area contributed by atoms with Crippen LogP contribution in [0.1, 0.15) is 55.4 Å². The van der Waals surface area contributed by atoms with Crippen molar-refractivity contribution in [1.82, 2.24) is 24.5 Å². The second kappa shape index (κ2) is 8.74. The summed E-state index contributed by atoms with van der Waals surface area (Å²) in [6.45, 7) is 12.2. The van der Waals surface area contributed by atoms with Gasteiger partial charge in [-0.2, -0.15) is 5.10 Å². The number of rotatable bonds is 6. The summed E-state index contributed by atoms with van der Waals surface area (Å²) in [5.41, 5.74) is 3.26. The summed E-state index contributed by atoms with van der Waals surface area (Å²) in [6.07, 6.45) is 4.20. The average Bonchev–Trinajstić information content (AvgIpc) is 2.99. The molecule has 0 bridgehead atoms. The molecule has 1 aliphatic carbocycles. The second-order valence-corrected chi connectivity index (χ2v) is 8.82. The summed E-state index contributed by atoms with van der Waals surface area (Å²) in [5, 5.41) is 4.82. The highest BCUT2D eigenvalue weighted by molar-refractivity contribution is 5.94. The minimum Gasteiger partial charge on any atom is -0.335 e. The monoisotopic (exact) mass is 375 g/mol. The maximum absolute atomic E-state index is 13.3. The number of likely N-dealkylation sites (N-methyl/N-ethyl adjacent to an activating group) is 2. The van der Waals surface area contributed by atoms with Crippen molar-refractivity contribution >= 4 is 5.91 Å². The molecule has 1 aromatic rings. The van der Waals surface area contributed by atoms with Gasteiger partial charge in [-0.15, -0.1) is 0 Å². The van der Waals surface area contributed by atoms with Crippen LogP contribution in [0.15, 0.2) is 0 Å². The summed E-state index contributed by atoms with van der Waals surface area (Å²) in [4.78, 5) is 20.0. The van der Waals surface area contributed by atoms with Crippen molar-refractivity contribution in [2.45, 2.75) is 59.0 Å². The van der Waals surface area contributed by atoms with E-state index in [1.165, 1.54) is 11.3 Å². The van der Waals surface area contributed by atoms with Crippen LogP contribution in [0.4, 0.5) is 0 Å². The maximum atomic E-state index is 13.3. The number of aryl methyl sites for hydroxylation is 1. The van der Waals surface area contributed by atoms with Gasteiger partial charge in [-0.3, -0.25) is 9.48 Å². The van der Waals surface area contributed by atoms with Gasteiger partial charge in [0.1, 0.15) is 0 Å². The molecule has 6 nitrogen and oxygen atoms in total. The van der Waals surface area contributed by atoms with E-state index in [4.69, 9.17) is 5.10 Å². The van der Waals surface area contributed by atoms with Gasteiger partial charge in [0.05, 0.1) is 0 Å². The molecular weight excluding hydrogens is 338 g/mol. The molecule has 1 aromatic heterocycles. The zero-order chi connectivity index (χ0) is 19.6. The number of nitrogens with zero attached hydrogens (tertiary/aromatic N) is 5. The molecule has 2 aliphatic rings. The van der Waals surface area contributed by atoms with Gasteiger partial charge in [-0.1, -0.05) is 20.8 Å². The van der Waals surface area contributed by atoms with E-state index in [0.717, 1.165) is 70.6 Å². The fourth-order valence-electron chi connectivity index (χ4n) is 4.50. The predicted molar refractivity (Wildman–Crippen MR) is 109 cm³/mol. The molecule has 152 valence electrons. The Kier molecular flexibility index (Phi) is 6.58. The van der Waals surface area contributed by atoms with Crippen LogP contribution in [-0.2, 0) is 19.4 Å². The number of piperazine rings is 1. The van der Waals surface area contributed by atoms with Crippen molar-refractivity contribution < 1.29 is 4.79 Å². The Balaban J connectivity index is 1.83. The van der Waals surface area contributed by atoms with Gasteiger partial charge >= 0.3 is 0 Å². The van der Waals surface area contributed by atoms with Crippen molar-refractivity contribution in [2.24, 2.45) is 5.92 Å². The maximum Gasteiger partial charge on any atom is 0.274 e. The van der Waals surface area contributed by atoms with E-state index in [1.54, 1.807) is 0 Å². The molecule has 1 amide bonds. The van der Waals surface area contributed by atoms with Gasteiger partial charge in [0, 0.05) is 56.6 Å². The molecule has 1 aliphatic heterocycles. The van der Waals surface area contributed by atoms with Crippen LogP contribution in [0.25, 0.3) is 0 Å². The molecule has 0 N–H and O–H groups in total. The van der Waals surface area contributed by atoms with Crippen LogP contribution in [0.3, 0.4) is 0 Å². The largest absolute Gasteiger partial charge is 0.335 e. The van der Waals surface area contributed by atoms with Crippen molar-refractivity contribution in [2.75, 3.05) is 46.8 Å². The Morgan fingerprint density at radius 3 is 2.59 bits per heavy atom. The van der Waals surface area contributed by atoms with Crippen molar-refractivity contribution in [1.29, 1.82) is 0 Å². The SMILES string of the molecule is CCCn1nc(C(=O)N2CCN(C)CC2)c2c1CCC(N(C)CC(C)C)C2. The van der Waals surface area contributed by atoms with Gasteiger partial charge in [0.2, 0.25) is 0 Å². The highest BCUT2D eigenvalue weighted by Crippen LogP contribution is 2.28. The molecule has 1 saturated heterocycles. The first-order chi connectivity index (χ1) is 12.9. The standard InChI is InChI=1S/C21H37N5O/c1-6-9-26-19-8-7-17(24(5)15-16(2)3)14-18(19)20(22-26)21(27)25-12-10-23(4)11-13-25/h16-17H,6-15H2,1-5H3. The van der Waals surface area contributed by atoms with Gasteiger partial charge in [0.25, 0.3) is 5.91 Å². The fraction of sp³-hybridized carbons (Fsp3) is 0.810. The minimum atomic E-state index is 0.140. The third-order valence-corrected chi connectivity index (χ3v) is 6.03. The van der Waals surface area contributed by atoms with Gasteiger partial charge in [-0.25, -0.2) is 0 Å². The summed E-state index contributed by atoms with van der Waals surface area (Å²) < 4.78 is 2.12. The highest BCUT2D eigenvalue weighted by atomic mass is 16.2. The Bertz CT molecular complexity index is 645. The smallest absolute Gasteiger partial charge is 0.274 e. The molecular formula is C21H37N5O. The molecule has 0 radical (unpaired) electrons. The lowest BCUT2D eigenvalue weighted by molar-refractivity contribution is 0.0655. The van der Waals surface area contributed by atoms with Crippen molar-refractivity contribution in [3.63, 3.8) is 0 Å². The fourth-order valence-corrected chi connectivity index (χ4v) is 4.50. The first-order valence-corrected chi connectivity index (χ1v) is 10.7. The highest BCUT2D eigenvalue weighted by Gasteiger charge is 2.33. The van der Waals surface area contributed by atoms with E-state index >= 15 is 0 Å². The van der Waals surface area contributed by atoms with Gasteiger partial charge < -0.3 is 14.7 Å². The lowest BCUT2D eigenvalue weighted by atomic mass is 9.89. The third kappa shape index (κ3) is 4.54. The summed E-state index contributed by atoms with van der Waals surface area (Å²) in [5.74, 6) is 0.798. The third-order valence-electron chi connectivity index (χ3n) is 6.03. The van der Waals surface area contributed by atoms with Crippen LogP contribution in [0.2, 0.25) is 0 Å². The van der Waals surface area contributed by atoms with Gasteiger partial charge in [0.15, 0.2) is 5.69 Å². The second-order valence-electron chi connectivity index (χ2n) is 8.82. The first kappa shape index (κ1) is 20.3. The Hall–Kier alpha value is -1.40. The zero-order valence-electron chi connectivity index (χ0n) is 17.9. The Morgan fingerprint density at radius 2 is 1.96 bits per heavy atom. The lowest BCUT2D eigenvalue weighted by Crippen LogP contribution is -2.47. The molecule has 3 rings (SSSR count).